The zero-order chi connectivity index (χ0) is 13.4. The van der Waals surface area contributed by atoms with E-state index in [4.69, 9.17) is 0 Å². The Kier molecular flexibility index (Phi) is 7.56. The second-order valence-electron chi connectivity index (χ2n) is 5.02. The van der Waals surface area contributed by atoms with Crippen molar-refractivity contribution in [3.8, 4) is 0 Å². The van der Waals surface area contributed by atoms with Gasteiger partial charge in [-0.05, 0) is 68.7 Å². The molecule has 104 valence electrons. The fourth-order valence-corrected chi connectivity index (χ4v) is 3.04. The molecular weight excluding hydrogens is 240 g/mol. The lowest BCUT2D eigenvalue weighted by atomic mass is 10.1. The van der Waals surface area contributed by atoms with Gasteiger partial charge in [-0.25, -0.2) is 0 Å². The normalized spacial score (nSPS) is 14.9. The van der Waals surface area contributed by atoms with Gasteiger partial charge in [-0.15, -0.1) is 0 Å². The first-order chi connectivity index (χ1) is 8.67. The summed E-state index contributed by atoms with van der Waals surface area (Å²) in [5.74, 6) is 0. The van der Waals surface area contributed by atoms with E-state index in [-0.39, 0.29) is 0 Å². The molecule has 1 rings (SSSR count). The van der Waals surface area contributed by atoms with Crippen LogP contribution in [0.3, 0.4) is 0 Å². The van der Waals surface area contributed by atoms with Crippen molar-refractivity contribution in [2.45, 2.75) is 52.6 Å². The van der Waals surface area contributed by atoms with E-state index in [1.54, 1.807) is 11.3 Å². The first kappa shape index (κ1) is 15.7. The molecule has 0 aliphatic heterocycles. The molecular formula is C15H28N2S. The summed E-state index contributed by atoms with van der Waals surface area (Å²) in [5.41, 5.74) is 1.41. The third-order valence-corrected chi connectivity index (χ3v) is 4.29. The Balaban J connectivity index is 2.19. The summed E-state index contributed by atoms with van der Waals surface area (Å²) >= 11 is 1.78. The molecule has 0 radical (unpaired) electrons. The minimum Gasteiger partial charge on any atom is -0.308 e. The number of hydrogen-bond acceptors (Lipinski definition) is 3. The third-order valence-electron chi connectivity index (χ3n) is 3.58. The lowest BCUT2D eigenvalue weighted by Gasteiger charge is -2.22. The molecule has 0 aliphatic carbocycles. The van der Waals surface area contributed by atoms with Gasteiger partial charge in [0.25, 0.3) is 0 Å². The minimum absolute atomic E-state index is 0.472. The Morgan fingerprint density at radius 1 is 1.28 bits per heavy atom. The van der Waals surface area contributed by atoms with Gasteiger partial charge in [0.2, 0.25) is 0 Å². The predicted molar refractivity (Wildman–Crippen MR) is 82.4 cm³/mol. The number of nitrogens with one attached hydrogen (secondary N) is 1. The average Bonchev–Trinajstić information content (AvgIpc) is 2.88. The number of rotatable bonds is 9. The molecule has 2 atom stereocenters. The van der Waals surface area contributed by atoms with Crippen LogP contribution in [-0.4, -0.2) is 30.6 Å². The van der Waals surface area contributed by atoms with Gasteiger partial charge in [0.05, 0.1) is 0 Å². The molecule has 1 aromatic rings. The van der Waals surface area contributed by atoms with Crippen molar-refractivity contribution in [2.24, 2.45) is 0 Å². The molecule has 1 N–H and O–H groups in total. The van der Waals surface area contributed by atoms with E-state index < -0.39 is 0 Å². The maximum Gasteiger partial charge on any atom is 0.0302 e. The van der Waals surface area contributed by atoms with Gasteiger partial charge < -0.3 is 10.2 Å². The van der Waals surface area contributed by atoms with Crippen molar-refractivity contribution in [1.82, 2.24) is 10.2 Å². The van der Waals surface area contributed by atoms with Crippen molar-refractivity contribution in [3.05, 3.63) is 22.4 Å². The third kappa shape index (κ3) is 5.51. The summed E-state index contributed by atoms with van der Waals surface area (Å²) in [6.07, 6.45) is 2.54. The second kappa shape index (κ2) is 8.68. The van der Waals surface area contributed by atoms with Gasteiger partial charge in [0, 0.05) is 12.1 Å². The molecule has 0 saturated heterocycles. The van der Waals surface area contributed by atoms with E-state index >= 15 is 0 Å². The van der Waals surface area contributed by atoms with Gasteiger partial charge >= 0.3 is 0 Å². The maximum absolute atomic E-state index is 3.68. The molecule has 1 heterocycles. The van der Waals surface area contributed by atoms with Crippen molar-refractivity contribution in [2.75, 3.05) is 19.6 Å². The van der Waals surface area contributed by atoms with Crippen LogP contribution in [0.4, 0.5) is 0 Å². The molecule has 18 heavy (non-hydrogen) atoms. The Morgan fingerprint density at radius 3 is 2.56 bits per heavy atom. The van der Waals surface area contributed by atoms with E-state index in [0.29, 0.717) is 12.1 Å². The van der Waals surface area contributed by atoms with E-state index in [0.717, 1.165) is 0 Å². The van der Waals surface area contributed by atoms with Crippen LogP contribution in [0.1, 0.15) is 52.1 Å². The average molecular weight is 268 g/mol. The Bertz CT molecular complexity index is 293. The Labute approximate surface area is 116 Å². The zero-order valence-corrected chi connectivity index (χ0v) is 13.1. The van der Waals surface area contributed by atoms with Gasteiger partial charge in [-0.2, -0.15) is 11.3 Å². The molecule has 0 fully saturated rings. The summed E-state index contributed by atoms with van der Waals surface area (Å²) < 4.78 is 0. The van der Waals surface area contributed by atoms with Crippen molar-refractivity contribution >= 4 is 11.3 Å². The van der Waals surface area contributed by atoms with E-state index in [1.807, 2.05) is 0 Å². The zero-order valence-electron chi connectivity index (χ0n) is 12.3. The smallest absolute Gasteiger partial charge is 0.0302 e. The maximum atomic E-state index is 3.68. The Morgan fingerprint density at radius 2 is 2.00 bits per heavy atom. The molecule has 0 aromatic carbocycles. The molecule has 3 heteroatoms. The van der Waals surface area contributed by atoms with Crippen LogP contribution in [0.25, 0.3) is 0 Å². The molecule has 0 bridgehead atoms. The van der Waals surface area contributed by atoms with Gasteiger partial charge in [0.15, 0.2) is 0 Å². The van der Waals surface area contributed by atoms with Gasteiger partial charge in [-0.3, -0.25) is 0 Å². The van der Waals surface area contributed by atoms with Crippen LogP contribution < -0.4 is 5.32 Å². The molecule has 0 amide bonds. The highest BCUT2D eigenvalue weighted by Gasteiger charge is 2.09. The lowest BCUT2D eigenvalue weighted by Crippen LogP contribution is -2.30. The number of nitrogens with zero attached hydrogens (tertiary/aromatic N) is 1. The van der Waals surface area contributed by atoms with Crippen LogP contribution in [0.15, 0.2) is 16.8 Å². The van der Waals surface area contributed by atoms with Crippen LogP contribution >= 0.6 is 11.3 Å². The first-order valence-electron chi connectivity index (χ1n) is 7.17. The lowest BCUT2D eigenvalue weighted by molar-refractivity contribution is 0.288. The van der Waals surface area contributed by atoms with Crippen molar-refractivity contribution < 1.29 is 0 Å². The van der Waals surface area contributed by atoms with Crippen LogP contribution in [-0.2, 0) is 0 Å². The number of hydrogen-bond donors (Lipinski definition) is 1. The fourth-order valence-electron chi connectivity index (χ4n) is 2.29. The number of thiophene rings is 1. The highest BCUT2D eigenvalue weighted by molar-refractivity contribution is 7.07. The summed E-state index contributed by atoms with van der Waals surface area (Å²) in [6.45, 7) is 12.6. The summed E-state index contributed by atoms with van der Waals surface area (Å²) in [7, 11) is 0. The highest BCUT2D eigenvalue weighted by atomic mass is 32.1. The van der Waals surface area contributed by atoms with Gasteiger partial charge in [0.1, 0.15) is 0 Å². The Hall–Kier alpha value is -0.380. The standard InChI is InChI=1S/C15H28N2S/c1-5-17(6-2)10-7-8-13(3)16-14(4)15-9-11-18-12-15/h9,11-14,16H,5-8,10H2,1-4H3. The van der Waals surface area contributed by atoms with E-state index in [1.165, 1.54) is 38.0 Å². The van der Waals surface area contributed by atoms with Gasteiger partial charge in [-0.1, -0.05) is 13.8 Å². The molecule has 0 saturated carbocycles. The van der Waals surface area contributed by atoms with Crippen LogP contribution in [0.5, 0.6) is 0 Å². The molecule has 0 spiro atoms. The van der Waals surface area contributed by atoms with E-state index in [9.17, 15) is 0 Å². The summed E-state index contributed by atoms with van der Waals surface area (Å²) in [5, 5.41) is 8.07. The van der Waals surface area contributed by atoms with Crippen LogP contribution in [0.2, 0.25) is 0 Å². The van der Waals surface area contributed by atoms with Crippen molar-refractivity contribution in [1.29, 1.82) is 0 Å². The largest absolute Gasteiger partial charge is 0.308 e. The predicted octanol–water partition coefficient (Wildman–Crippen LogP) is 3.91. The first-order valence-corrected chi connectivity index (χ1v) is 8.12. The molecule has 2 nitrogen and oxygen atoms in total. The monoisotopic (exact) mass is 268 g/mol. The molecule has 2 unspecified atom stereocenters. The second-order valence-corrected chi connectivity index (χ2v) is 5.80. The summed E-state index contributed by atoms with van der Waals surface area (Å²) in [6, 6.07) is 3.28. The molecule has 0 aliphatic rings. The highest BCUT2D eigenvalue weighted by Crippen LogP contribution is 2.16. The quantitative estimate of drug-likeness (QED) is 0.730. The van der Waals surface area contributed by atoms with Crippen molar-refractivity contribution in [3.63, 3.8) is 0 Å². The minimum atomic E-state index is 0.472. The van der Waals surface area contributed by atoms with Crippen LogP contribution in [0, 0.1) is 0 Å². The summed E-state index contributed by atoms with van der Waals surface area (Å²) in [4.78, 5) is 2.50. The SMILES string of the molecule is CCN(CC)CCCC(C)NC(C)c1ccsc1. The fraction of sp³-hybridized carbons (Fsp3) is 0.733. The van der Waals surface area contributed by atoms with E-state index in [2.05, 4.69) is 54.7 Å². The topological polar surface area (TPSA) is 15.3 Å². The molecule has 1 aromatic heterocycles.